The fourth-order valence-corrected chi connectivity index (χ4v) is 2.50. The highest BCUT2D eigenvalue weighted by molar-refractivity contribution is 4.90. The molecule has 0 aromatic rings. The van der Waals surface area contributed by atoms with Gasteiger partial charge in [-0.2, -0.15) is 0 Å². The Kier molecular flexibility index (Phi) is 4.66. The maximum atomic E-state index is 6.16. The summed E-state index contributed by atoms with van der Waals surface area (Å²) in [7, 11) is 0. The molecule has 0 unspecified atom stereocenters. The van der Waals surface area contributed by atoms with Gasteiger partial charge in [0.25, 0.3) is 0 Å². The molecule has 0 heterocycles. The first-order valence-corrected chi connectivity index (χ1v) is 7.19. The first-order valence-electron chi connectivity index (χ1n) is 7.19. The van der Waals surface area contributed by atoms with Crippen molar-refractivity contribution in [1.29, 1.82) is 0 Å². The van der Waals surface area contributed by atoms with Gasteiger partial charge in [0.15, 0.2) is 0 Å². The normalized spacial score (nSPS) is 23.1. The van der Waals surface area contributed by atoms with E-state index >= 15 is 0 Å². The molecule has 0 atom stereocenters. The van der Waals surface area contributed by atoms with Crippen LogP contribution < -0.4 is 5.32 Å². The molecule has 0 aromatic heterocycles. The monoisotopic (exact) mass is 225 g/mol. The van der Waals surface area contributed by atoms with Gasteiger partial charge in [-0.3, -0.25) is 0 Å². The van der Waals surface area contributed by atoms with Gasteiger partial charge in [0, 0.05) is 6.61 Å². The van der Waals surface area contributed by atoms with Gasteiger partial charge in [0.2, 0.25) is 0 Å². The fourth-order valence-electron chi connectivity index (χ4n) is 2.50. The summed E-state index contributed by atoms with van der Waals surface area (Å²) < 4.78 is 6.16. The summed E-state index contributed by atoms with van der Waals surface area (Å²) in [5, 5.41) is 3.49. The average molecular weight is 225 g/mol. The second kappa shape index (κ2) is 6.02. The van der Waals surface area contributed by atoms with Crippen LogP contribution in [0.25, 0.3) is 0 Å². The zero-order valence-corrected chi connectivity index (χ0v) is 10.8. The molecule has 0 spiro atoms. The van der Waals surface area contributed by atoms with E-state index in [1.165, 1.54) is 51.4 Å². The third-order valence-corrected chi connectivity index (χ3v) is 4.08. The molecular formula is C14H27NO. The first-order chi connectivity index (χ1) is 7.85. The van der Waals surface area contributed by atoms with E-state index in [2.05, 4.69) is 12.2 Å². The molecule has 2 fully saturated rings. The molecule has 0 aromatic carbocycles. The van der Waals surface area contributed by atoms with Crippen molar-refractivity contribution < 1.29 is 4.74 Å². The largest absolute Gasteiger partial charge is 0.375 e. The quantitative estimate of drug-likeness (QED) is 0.609. The molecule has 94 valence electrons. The number of nitrogens with one attached hydrogen (secondary N) is 1. The van der Waals surface area contributed by atoms with E-state index in [1.54, 1.807) is 0 Å². The van der Waals surface area contributed by atoms with Crippen LogP contribution in [0.4, 0.5) is 0 Å². The van der Waals surface area contributed by atoms with Gasteiger partial charge >= 0.3 is 0 Å². The van der Waals surface area contributed by atoms with Crippen molar-refractivity contribution in [3.8, 4) is 0 Å². The average Bonchev–Trinajstić information content (AvgIpc) is 3.03. The zero-order valence-electron chi connectivity index (χ0n) is 10.8. The minimum absolute atomic E-state index is 0.273. The van der Waals surface area contributed by atoms with Gasteiger partial charge in [0.1, 0.15) is 0 Å². The van der Waals surface area contributed by atoms with Crippen molar-refractivity contribution in [1.82, 2.24) is 5.32 Å². The van der Waals surface area contributed by atoms with Crippen LogP contribution in [-0.4, -0.2) is 25.3 Å². The molecule has 2 nitrogen and oxygen atoms in total. The maximum absolute atomic E-state index is 6.16. The Morgan fingerprint density at radius 2 is 2.06 bits per heavy atom. The van der Waals surface area contributed by atoms with E-state index in [9.17, 15) is 0 Å². The molecule has 2 rings (SSSR count). The fraction of sp³-hybridized carbons (Fsp3) is 1.00. The van der Waals surface area contributed by atoms with Crippen LogP contribution in [0.5, 0.6) is 0 Å². The summed E-state index contributed by atoms with van der Waals surface area (Å²) in [5.41, 5.74) is 0.273. The van der Waals surface area contributed by atoms with E-state index in [1.807, 2.05) is 0 Å². The van der Waals surface area contributed by atoms with Gasteiger partial charge in [-0.1, -0.05) is 19.8 Å². The number of ether oxygens (including phenoxy) is 1. The SMILES string of the molecule is CCCNCCC1(OCCC2CC2)CCC1. The number of hydrogen-bond acceptors (Lipinski definition) is 2. The predicted molar refractivity (Wildman–Crippen MR) is 67.7 cm³/mol. The van der Waals surface area contributed by atoms with Gasteiger partial charge in [-0.15, -0.1) is 0 Å². The molecular weight excluding hydrogens is 198 g/mol. The maximum Gasteiger partial charge on any atom is 0.0694 e. The Bertz CT molecular complexity index is 197. The Morgan fingerprint density at radius 3 is 2.62 bits per heavy atom. The number of rotatable bonds is 9. The molecule has 1 N–H and O–H groups in total. The lowest BCUT2D eigenvalue weighted by molar-refractivity contribution is -0.106. The van der Waals surface area contributed by atoms with Crippen molar-refractivity contribution in [2.45, 2.75) is 63.9 Å². The highest BCUT2D eigenvalue weighted by Crippen LogP contribution is 2.39. The minimum atomic E-state index is 0.273. The van der Waals surface area contributed by atoms with Crippen LogP contribution in [0.2, 0.25) is 0 Å². The minimum Gasteiger partial charge on any atom is -0.375 e. The van der Waals surface area contributed by atoms with Crippen LogP contribution >= 0.6 is 0 Å². The molecule has 0 radical (unpaired) electrons. The van der Waals surface area contributed by atoms with Gasteiger partial charge < -0.3 is 10.1 Å². The lowest BCUT2D eigenvalue weighted by atomic mass is 9.77. The summed E-state index contributed by atoms with van der Waals surface area (Å²) in [6.45, 7) is 5.52. The lowest BCUT2D eigenvalue weighted by Crippen LogP contribution is -2.43. The van der Waals surface area contributed by atoms with E-state index in [-0.39, 0.29) is 5.60 Å². The molecule has 2 heteroatoms. The van der Waals surface area contributed by atoms with Crippen molar-refractivity contribution in [2.24, 2.45) is 5.92 Å². The van der Waals surface area contributed by atoms with E-state index < -0.39 is 0 Å². The van der Waals surface area contributed by atoms with E-state index in [0.29, 0.717) is 0 Å². The summed E-state index contributed by atoms with van der Waals surface area (Å²) in [5.74, 6) is 1.01. The smallest absolute Gasteiger partial charge is 0.0694 e. The van der Waals surface area contributed by atoms with Crippen molar-refractivity contribution >= 4 is 0 Å². The Balaban J connectivity index is 1.57. The van der Waals surface area contributed by atoms with E-state index in [4.69, 9.17) is 4.74 Å². The van der Waals surface area contributed by atoms with Crippen LogP contribution in [0, 0.1) is 5.92 Å². The molecule has 0 aliphatic heterocycles. The lowest BCUT2D eigenvalue weighted by Gasteiger charge is -2.42. The summed E-state index contributed by atoms with van der Waals surface area (Å²) >= 11 is 0. The third-order valence-electron chi connectivity index (χ3n) is 4.08. The molecule has 16 heavy (non-hydrogen) atoms. The standard InChI is InChI=1S/C14H27NO/c1-2-10-15-11-9-14(7-3-8-14)16-12-6-13-4-5-13/h13,15H,2-12H2,1H3. The molecule has 2 aliphatic carbocycles. The molecule has 0 saturated heterocycles. The van der Waals surface area contributed by atoms with Gasteiger partial charge in [-0.05, 0) is 57.5 Å². The van der Waals surface area contributed by atoms with Crippen LogP contribution in [0.15, 0.2) is 0 Å². The highest BCUT2D eigenvalue weighted by atomic mass is 16.5. The first kappa shape index (κ1) is 12.4. The second-order valence-electron chi connectivity index (χ2n) is 5.62. The Labute approximate surface area is 100 Å². The van der Waals surface area contributed by atoms with Crippen LogP contribution in [0.1, 0.15) is 58.3 Å². The van der Waals surface area contributed by atoms with Gasteiger partial charge in [0.05, 0.1) is 5.60 Å². The number of hydrogen-bond donors (Lipinski definition) is 1. The van der Waals surface area contributed by atoms with Crippen molar-refractivity contribution in [3.05, 3.63) is 0 Å². The molecule has 0 bridgehead atoms. The zero-order chi connectivity index (χ0) is 11.3. The van der Waals surface area contributed by atoms with Crippen LogP contribution in [-0.2, 0) is 4.74 Å². The topological polar surface area (TPSA) is 21.3 Å². The summed E-state index contributed by atoms with van der Waals surface area (Å²) in [6, 6.07) is 0. The second-order valence-corrected chi connectivity index (χ2v) is 5.62. The Hall–Kier alpha value is -0.0800. The van der Waals surface area contributed by atoms with Crippen molar-refractivity contribution in [3.63, 3.8) is 0 Å². The molecule has 2 aliphatic rings. The molecule has 0 amide bonds. The predicted octanol–water partition coefficient (Wildman–Crippen LogP) is 3.12. The highest BCUT2D eigenvalue weighted by Gasteiger charge is 2.37. The van der Waals surface area contributed by atoms with Crippen LogP contribution in [0.3, 0.4) is 0 Å². The summed E-state index contributed by atoms with van der Waals surface area (Å²) in [4.78, 5) is 0. The van der Waals surface area contributed by atoms with Gasteiger partial charge in [-0.25, -0.2) is 0 Å². The third kappa shape index (κ3) is 3.74. The van der Waals surface area contributed by atoms with Crippen molar-refractivity contribution in [2.75, 3.05) is 19.7 Å². The Morgan fingerprint density at radius 1 is 1.25 bits per heavy atom. The summed E-state index contributed by atoms with van der Waals surface area (Å²) in [6.07, 6.45) is 10.6. The molecule has 2 saturated carbocycles. The van der Waals surface area contributed by atoms with E-state index in [0.717, 1.165) is 25.6 Å².